The molecular formula is C28H35N5O4. The van der Waals surface area contributed by atoms with E-state index in [0.717, 1.165) is 16.9 Å². The van der Waals surface area contributed by atoms with Crippen molar-refractivity contribution in [3.8, 4) is 11.8 Å². The maximum atomic E-state index is 13.1. The van der Waals surface area contributed by atoms with Crippen molar-refractivity contribution in [1.82, 2.24) is 20.9 Å². The van der Waals surface area contributed by atoms with Gasteiger partial charge in [0.05, 0.1) is 18.2 Å². The number of hydrogen-bond acceptors (Lipinski definition) is 6. The zero-order valence-electron chi connectivity index (χ0n) is 21.6. The molecule has 9 nitrogen and oxygen atoms in total. The van der Waals surface area contributed by atoms with Crippen molar-refractivity contribution in [2.45, 2.75) is 51.3 Å². The highest BCUT2D eigenvalue weighted by molar-refractivity contribution is 5.92. The van der Waals surface area contributed by atoms with E-state index in [1.807, 2.05) is 31.2 Å². The number of rotatable bonds is 2. The van der Waals surface area contributed by atoms with Crippen molar-refractivity contribution < 1.29 is 19.1 Å². The number of benzene rings is 2. The van der Waals surface area contributed by atoms with Crippen molar-refractivity contribution in [1.29, 1.82) is 5.26 Å². The molecule has 3 atom stereocenters. The second-order valence-electron chi connectivity index (χ2n) is 9.32. The highest BCUT2D eigenvalue weighted by Crippen LogP contribution is 2.21. The van der Waals surface area contributed by atoms with Gasteiger partial charge in [0.25, 0.3) is 0 Å². The Morgan fingerprint density at radius 1 is 1.05 bits per heavy atom. The van der Waals surface area contributed by atoms with Gasteiger partial charge in [-0.25, -0.2) is 0 Å². The first-order chi connectivity index (χ1) is 17.8. The highest BCUT2D eigenvalue weighted by Gasteiger charge is 2.27. The quantitative estimate of drug-likeness (QED) is 0.569. The molecule has 1 aliphatic rings. The van der Waals surface area contributed by atoms with Crippen LogP contribution in [0.25, 0.3) is 0 Å². The van der Waals surface area contributed by atoms with Crippen LogP contribution in [0.15, 0.2) is 48.5 Å². The number of nitrogens with zero attached hydrogens (tertiary/aromatic N) is 2. The van der Waals surface area contributed by atoms with Crippen LogP contribution in [0.1, 0.15) is 37.0 Å². The van der Waals surface area contributed by atoms with Crippen molar-refractivity contribution in [3.05, 3.63) is 65.2 Å². The number of carbonyl (C=O) groups excluding carboxylic acids is 3. The maximum absolute atomic E-state index is 13.1. The predicted molar refractivity (Wildman–Crippen MR) is 140 cm³/mol. The summed E-state index contributed by atoms with van der Waals surface area (Å²) in [6.07, 6.45) is 1.50. The van der Waals surface area contributed by atoms with Gasteiger partial charge in [0.15, 0.2) is 0 Å². The van der Waals surface area contributed by atoms with Crippen LogP contribution >= 0.6 is 0 Å². The second kappa shape index (κ2) is 13.4. The highest BCUT2D eigenvalue weighted by atomic mass is 16.5. The maximum Gasteiger partial charge on any atom is 0.243 e. The van der Waals surface area contributed by atoms with E-state index in [4.69, 9.17) is 10.00 Å². The van der Waals surface area contributed by atoms with E-state index in [0.29, 0.717) is 31.5 Å². The number of nitrogens with one attached hydrogen (secondary N) is 3. The summed E-state index contributed by atoms with van der Waals surface area (Å²) in [6.45, 7) is 4.51. The van der Waals surface area contributed by atoms with Gasteiger partial charge in [-0.05, 0) is 56.0 Å². The van der Waals surface area contributed by atoms with Crippen LogP contribution in [-0.4, -0.2) is 67.5 Å². The lowest BCUT2D eigenvalue weighted by Crippen LogP contribution is -2.54. The lowest BCUT2D eigenvalue weighted by molar-refractivity contribution is -0.138. The van der Waals surface area contributed by atoms with Gasteiger partial charge in [0.1, 0.15) is 23.9 Å². The van der Waals surface area contributed by atoms with Gasteiger partial charge in [0, 0.05) is 26.6 Å². The first-order valence-electron chi connectivity index (χ1n) is 12.6. The molecule has 0 aliphatic carbocycles. The molecule has 2 aromatic rings. The Bertz CT molecular complexity index is 1130. The molecule has 196 valence electrons. The summed E-state index contributed by atoms with van der Waals surface area (Å²) in [5.41, 5.74) is 2.36. The van der Waals surface area contributed by atoms with E-state index in [1.165, 1.54) is 4.90 Å². The normalized spacial score (nSPS) is 22.4. The van der Waals surface area contributed by atoms with Gasteiger partial charge in [-0.3, -0.25) is 14.4 Å². The van der Waals surface area contributed by atoms with Gasteiger partial charge in [-0.1, -0.05) is 30.3 Å². The zero-order valence-corrected chi connectivity index (χ0v) is 21.6. The first-order valence-corrected chi connectivity index (χ1v) is 12.6. The predicted octanol–water partition coefficient (Wildman–Crippen LogP) is 1.55. The number of hydrogen-bond donors (Lipinski definition) is 3. The monoisotopic (exact) mass is 505 g/mol. The summed E-state index contributed by atoms with van der Waals surface area (Å²) in [5, 5.41) is 17.9. The van der Waals surface area contributed by atoms with E-state index in [9.17, 15) is 14.4 Å². The van der Waals surface area contributed by atoms with Crippen molar-refractivity contribution in [2.24, 2.45) is 0 Å². The van der Waals surface area contributed by atoms with E-state index < -0.39 is 18.0 Å². The SMILES string of the molecule is C[C@@H]1CNCC(=O)N(C)[C@H](C)C(=O)N[C@H](Cc2ccc(C#N)cc2)C(=O)NCCCc2ccccc2O1. The number of likely N-dealkylation sites (N-methyl/N-ethyl adjacent to an activating group) is 1. The van der Waals surface area contributed by atoms with Crippen molar-refractivity contribution in [3.63, 3.8) is 0 Å². The van der Waals surface area contributed by atoms with E-state index in [2.05, 4.69) is 22.0 Å². The van der Waals surface area contributed by atoms with Crippen LogP contribution < -0.4 is 20.7 Å². The van der Waals surface area contributed by atoms with Crippen LogP contribution in [0.3, 0.4) is 0 Å². The van der Waals surface area contributed by atoms with Crippen LogP contribution in [0.2, 0.25) is 0 Å². The Morgan fingerprint density at radius 3 is 2.51 bits per heavy atom. The molecule has 1 heterocycles. The molecule has 1 aliphatic heterocycles. The summed E-state index contributed by atoms with van der Waals surface area (Å²) in [7, 11) is 1.57. The van der Waals surface area contributed by atoms with Crippen molar-refractivity contribution in [2.75, 3.05) is 26.7 Å². The molecule has 3 amide bonds. The van der Waals surface area contributed by atoms with Gasteiger partial charge in [-0.15, -0.1) is 0 Å². The van der Waals surface area contributed by atoms with E-state index in [1.54, 1.807) is 38.2 Å². The molecule has 0 spiro atoms. The first kappa shape index (κ1) is 27.7. The van der Waals surface area contributed by atoms with Crippen LogP contribution in [0, 0.1) is 11.3 Å². The standard InChI is InChI=1S/C28H35N5O4/c1-19-17-30-18-26(34)33(3)20(2)27(35)32-24(15-21-10-12-22(16-29)13-11-21)28(36)31-14-6-8-23-7-4-5-9-25(23)37-19/h4-5,7,9-13,19-20,24,30H,6,8,14-15,17-18H2,1-3H3,(H,31,36)(H,32,35)/t19-,20-,24-/m1/s1. The average molecular weight is 506 g/mol. The molecule has 0 saturated carbocycles. The summed E-state index contributed by atoms with van der Waals surface area (Å²) >= 11 is 0. The minimum absolute atomic E-state index is 0.0542. The molecule has 3 rings (SSSR count). The molecule has 9 heteroatoms. The van der Waals surface area contributed by atoms with Gasteiger partial charge < -0.3 is 25.6 Å². The third kappa shape index (κ3) is 8.05. The smallest absolute Gasteiger partial charge is 0.243 e. The van der Waals surface area contributed by atoms with Gasteiger partial charge >= 0.3 is 0 Å². The summed E-state index contributed by atoms with van der Waals surface area (Å²) in [5.74, 6) is -0.187. The number of nitriles is 1. The Labute approximate surface area is 218 Å². The third-order valence-corrected chi connectivity index (χ3v) is 6.44. The molecular weight excluding hydrogens is 470 g/mol. The third-order valence-electron chi connectivity index (χ3n) is 6.44. The van der Waals surface area contributed by atoms with Gasteiger partial charge in [-0.2, -0.15) is 5.26 Å². The largest absolute Gasteiger partial charge is 0.489 e. The number of amides is 3. The van der Waals surface area contributed by atoms with Crippen LogP contribution in [-0.2, 0) is 27.2 Å². The molecule has 2 aromatic carbocycles. The summed E-state index contributed by atoms with van der Waals surface area (Å²) in [6, 6.07) is 15.2. The Kier molecular flexibility index (Phi) is 10.0. The lowest BCUT2D eigenvalue weighted by atomic mass is 10.0. The fourth-order valence-corrected chi connectivity index (χ4v) is 4.05. The van der Waals surface area contributed by atoms with Gasteiger partial charge in [0.2, 0.25) is 17.7 Å². The molecule has 0 saturated heterocycles. The number of para-hydroxylation sites is 1. The Morgan fingerprint density at radius 2 is 1.78 bits per heavy atom. The fraction of sp³-hybridized carbons (Fsp3) is 0.429. The number of carbonyl (C=O) groups is 3. The minimum atomic E-state index is -0.833. The molecule has 0 radical (unpaired) electrons. The van der Waals surface area contributed by atoms with E-state index in [-0.39, 0.29) is 30.9 Å². The number of aryl methyl sites for hydroxylation is 1. The van der Waals surface area contributed by atoms with E-state index >= 15 is 0 Å². The minimum Gasteiger partial charge on any atom is -0.489 e. The average Bonchev–Trinajstić information content (AvgIpc) is 2.90. The molecule has 0 fully saturated rings. The molecule has 0 bridgehead atoms. The molecule has 37 heavy (non-hydrogen) atoms. The summed E-state index contributed by atoms with van der Waals surface area (Å²) < 4.78 is 6.10. The Balaban J connectivity index is 1.79. The summed E-state index contributed by atoms with van der Waals surface area (Å²) in [4.78, 5) is 40.2. The fourth-order valence-electron chi connectivity index (χ4n) is 4.05. The molecule has 0 unspecified atom stereocenters. The second-order valence-corrected chi connectivity index (χ2v) is 9.32. The van der Waals surface area contributed by atoms with Crippen LogP contribution in [0.5, 0.6) is 5.75 Å². The molecule has 3 N–H and O–H groups in total. The Hall–Kier alpha value is -3.90. The van der Waals surface area contributed by atoms with Crippen molar-refractivity contribution >= 4 is 17.7 Å². The topological polar surface area (TPSA) is 124 Å². The zero-order chi connectivity index (χ0) is 26.8. The lowest BCUT2D eigenvalue weighted by Gasteiger charge is -2.27. The number of fused-ring (bicyclic) bond motifs is 1. The number of ether oxygens (including phenoxy) is 1. The molecule has 0 aromatic heterocycles. The van der Waals surface area contributed by atoms with Crippen LogP contribution in [0.4, 0.5) is 0 Å².